The van der Waals surface area contributed by atoms with Crippen LogP contribution in [0.4, 0.5) is 0 Å². The topological polar surface area (TPSA) is 55.8 Å². The highest BCUT2D eigenvalue weighted by Gasteiger charge is 2.30. The minimum absolute atomic E-state index is 0.234. The van der Waals surface area contributed by atoms with Gasteiger partial charge in [-0.1, -0.05) is 67.6 Å². The van der Waals surface area contributed by atoms with Crippen LogP contribution in [0.2, 0.25) is 0 Å². The van der Waals surface area contributed by atoms with Gasteiger partial charge in [-0.2, -0.15) is 0 Å². The highest BCUT2D eigenvalue weighted by molar-refractivity contribution is 5.72. The molecule has 0 radical (unpaired) electrons. The molecule has 0 aliphatic carbocycles. The molecule has 24 heavy (non-hydrogen) atoms. The molecule has 0 spiro atoms. The Morgan fingerprint density at radius 3 is 1.79 bits per heavy atom. The Morgan fingerprint density at radius 2 is 1.33 bits per heavy atom. The van der Waals surface area contributed by atoms with Crippen molar-refractivity contribution in [1.29, 1.82) is 0 Å². The third kappa shape index (κ3) is 5.48. The fourth-order valence-corrected chi connectivity index (χ4v) is 2.41. The first-order valence-corrected chi connectivity index (χ1v) is 8.12. The van der Waals surface area contributed by atoms with Crippen molar-refractivity contribution in [2.75, 3.05) is 0 Å². The molecule has 0 saturated carbocycles. The molecule has 0 aromatic heterocycles. The van der Waals surface area contributed by atoms with E-state index in [1.54, 1.807) is 0 Å². The number of rotatable bonds is 9. The van der Waals surface area contributed by atoms with E-state index >= 15 is 0 Å². The molecule has 3 atom stereocenters. The Kier molecular flexibility index (Phi) is 6.97. The second-order valence-corrected chi connectivity index (χ2v) is 5.92. The molecule has 0 fully saturated rings. The van der Waals surface area contributed by atoms with Crippen molar-refractivity contribution in [2.24, 2.45) is 5.92 Å². The number of aliphatic carboxylic acids is 1. The molecule has 2 rings (SSSR count). The molecule has 0 aliphatic rings. The first kappa shape index (κ1) is 18.2. The lowest BCUT2D eigenvalue weighted by Gasteiger charge is -2.26. The lowest BCUT2D eigenvalue weighted by molar-refractivity contribution is -0.160. The second kappa shape index (κ2) is 9.21. The van der Waals surface area contributed by atoms with Crippen LogP contribution in [0.3, 0.4) is 0 Å². The first-order valence-electron chi connectivity index (χ1n) is 8.12. The van der Waals surface area contributed by atoms with Gasteiger partial charge in [-0.3, -0.25) is 0 Å². The van der Waals surface area contributed by atoms with Crippen LogP contribution in [0.15, 0.2) is 60.7 Å². The largest absolute Gasteiger partial charge is 0.479 e. The quantitative estimate of drug-likeness (QED) is 0.758. The maximum absolute atomic E-state index is 11.6. The summed E-state index contributed by atoms with van der Waals surface area (Å²) in [4.78, 5) is 11.6. The standard InChI is InChI=1S/C20H24O4/c1-15(16(2)23-13-17-9-5-3-6-10-17)19(20(21)22)24-14-18-11-7-4-8-12-18/h3-12,15-16,19H,13-14H2,1-2H3,(H,21,22)/t15-,16-,19-/m1/s1. The normalized spacial score (nSPS) is 14.8. The van der Waals surface area contributed by atoms with Gasteiger partial charge in [-0.15, -0.1) is 0 Å². The van der Waals surface area contributed by atoms with Gasteiger partial charge in [0, 0.05) is 5.92 Å². The molecule has 0 saturated heterocycles. The van der Waals surface area contributed by atoms with Gasteiger partial charge in [0.25, 0.3) is 0 Å². The first-order chi connectivity index (χ1) is 11.6. The summed E-state index contributed by atoms with van der Waals surface area (Å²) in [5.41, 5.74) is 2.02. The van der Waals surface area contributed by atoms with Gasteiger partial charge in [-0.05, 0) is 18.1 Å². The molecule has 2 aromatic rings. The van der Waals surface area contributed by atoms with Crippen molar-refractivity contribution in [2.45, 2.75) is 39.3 Å². The number of hydrogen-bond acceptors (Lipinski definition) is 3. The molecular weight excluding hydrogens is 304 g/mol. The average Bonchev–Trinajstić information content (AvgIpc) is 2.61. The Morgan fingerprint density at radius 1 is 0.875 bits per heavy atom. The minimum atomic E-state index is -0.964. The van der Waals surface area contributed by atoms with E-state index in [0.29, 0.717) is 6.61 Å². The highest BCUT2D eigenvalue weighted by atomic mass is 16.5. The van der Waals surface area contributed by atoms with Crippen molar-refractivity contribution < 1.29 is 19.4 Å². The number of carbonyl (C=O) groups is 1. The van der Waals surface area contributed by atoms with Crippen molar-refractivity contribution in [1.82, 2.24) is 0 Å². The summed E-state index contributed by atoms with van der Waals surface area (Å²) in [6.07, 6.45) is -1.14. The van der Waals surface area contributed by atoms with E-state index in [4.69, 9.17) is 9.47 Å². The zero-order valence-corrected chi connectivity index (χ0v) is 14.1. The van der Waals surface area contributed by atoms with Crippen LogP contribution in [0.5, 0.6) is 0 Å². The van der Waals surface area contributed by atoms with Gasteiger partial charge < -0.3 is 14.6 Å². The van der Waals surface area contributed by atoms with E-state index in [9.17, 15) is 9.90 Å². The summed E-state index contributed by atoms with van der Waals surface area (Å²) in [6.45, 7) is 4.46. The molecule has 2 aromatic carbocycles. The smallest absolute Gasteiger partial charge is 0.333 e. The molecule has 0 bridgehead atoms. The summed E-state index contributed by atoms with van der Waals surface area (Å²) >= 11 is 0. The summed E-state index contributed by atoms with van der Waals surface area (Å²) in [6, 6.07) is 19.4. The second-order valence-electron chi connectivity index (χ2n) is 5.92. The van der Waals surface area contributed by atoms with Gasteiger partial charge in [0.1, 0.15) is 0 Å². The van der Waals surface area contributed by atoms with E-state index in [1.165, 1.54) is 0 Å². The van der Waals surface area contributed by atoms with Gasteiger partial charge in [0.15, 0.2) is 6.10 Å². The molecular formula is C20H24O4. The van der Waals surface area contributed by atoms with E-state index in [-0.39, 0.29) is 18.6 Å². The summed E-state index contributed by atoms with van der Waals surface area (Å²) in [5.74, 6) is -1.23. The fraction of sp³-hybridized carbons (Fsp3) is 0.350. The Bertz CT molecular complexity index is 612. The van der Waals surface area contributed by atoms with Gasteiger partial charge in [0.2, 0.25) is 0 Å². The van der Waals surface area contributed by atoms with Crippen molar-refractivity contribution in [3.8, 4) is 0 Å². The number of carboxylic acid groups (broad SMARTS) is 1. The molecule has 0 unspecified atom stereocenters. The molecule has 1 N–H and O–H groups in total. The Hall–Kier alpha value is -2.17. The van der Waals surface area contributed by atoms with E-state index in [0.717, 1.165) is 11.1 Å². The summed E-state index contributed by atoms with van der Waals surface area (Å²) in [7, 11) is 0. The predicted octanol–water partition coefficient (Wildman–Crippen LogP) is 3.90. The number of benzene rings is 2. The van der Waals surface area contributed by atoms with E-state index in [1.807, 2.05) is 74.5 Å². The molecule has 0 aliphatic heterocycles. The van der Waals surface area contributed by atoms with Gasteiger partial charge in [0.05, 0.1) is 19.3 Å². The van der Waals surface area contributed by atoms with Crippen LogP contribution in [0, 0.1) is 5.92 Å². The molecule has 0 heterocycles. The molecule has 4 heteroatoms. The van der Waals surface area contributed by atoms with Gasteiger partial charge in [-0.25, -0.2) is 4.79 Å². The van der Waals surface area contributed by atoms with Crippen LogP contribution >= 0.6 is 0 Å². The molecule has 4 nitrogen and oxygen atoms in total. The SMILES string of the molecule is C[C@H]([C@@H](C)OCc1ccccc1)[C@@H](OCc1ccccc1)C(=O)O. The maximum Gasteiger partial charge on any atom is 0.333 e. The highest BCUT2D eigenvalue weighted by Crippen LogP contribution is 2.18. The van der Waals surface area contributed by atoms with Crippen LogP contribution < -0.4 is 0 Å². The van der Waals surface area contributed by atoms with E-state index < -0.39 is 12.1 Å². The molecule has 0 amide bonds. The Labute approximate surface area is 143 Å². The third-order valence-corrected chi connectivity index (χ3v) is 4.09. The minimum Gasteiger partial charge on any atom is -0.479 e. The summed E-state index contributed by atoms with van der Waals surface area (Å²) in [5, 5.41) is 9.48. The van der Waals surface area contributed by atoms with Crippen LogP contribution in [0.1, 0.15) is 25.0 Å². The number of carboxylic acids is 1. The fourth-order valence-electron chi connectivity index (χ4n) is 2.41. The average molecular weight is 328 g/mol. The number of hydrogen-bond donors (Lipinski definition) is 1. The zero-order valence-electron chi connectivity index (χ0n) is 14.1. The van der Waals surface area contributed by atoms with E-state index in [2.05, 4.69) is 0 Å². The predicted molar refractivity (Wildman–Crippen MR) is 92.5 cm³/mol. The van der Waals surface area contributed by atoms with Gasteiger partial charge >= 0.3 is 5.97 Å². The Balaban J connectivity index is 1.89. The van der Waals surface area contributed by atoms with Crippen LogP contribution in [-0.2, 0) is 27.5 Å². The summed E-state index contributed by atoms with van der Waals surface area (Å²) < 4.78 is 11.5. The molecule has 128 valence electrons. The number of ether oxygens (including phenoxy) is 2. The van der Waals surface area contributed by atoms with Crippen molar-refractivity contribution in [3.63, 3.8) is 0 Å². The lowest BCUT2D eigenvalue weighted by atomic mass is 9.99. The monoisotopic (exact) mass is 328 g/mol. The lowest BCUT2D eigenvalue weighted by Crippen LogP contribution is -2.37. The van der Waals surface area contributed by atoms with Crippen LogP contribution in [-0.4, -0.2) is 23.3 Å². The zero-order chi connectivity index (χ0) is 17.4. The third-order valence-electron chi connectivity index (χ3n) is 4.09. The maximum atomic E-state index is 11.6. The van der Waals surface area contributed by atoms with Crippen molar-refractivity contribution in [3.05, 3.63) is 71.8 Å². The van der Waals surface area contributed by atoms with Crippen molar-refractivity contribution >= 4 is 5.97 Å². The van der Waals surface area contributed by atoms with Crippen LogP contribution in [0.25, 0.3) is 0 Å².